The van der Waals surface area contributed by atoms with Gasteiger partial charge in [-0.25, -0.2) is 0 Å². The Morgan fingerprint density at radius 1 is 1.25 bits per heavy atom. The van der Waals surface area contributed by atoms with Gasteiger partial charge in [-0.15, -0.1) is 6.58 Å². The van der Waals surface area contributed by atoms with Crippen LogP contribution in [0.1, 0.15) is 19.3 Å². The second-order valence-electron chi connectivity index (χ2n) is 4.30. The summed E-state index contributed by atoms with van der Waals surface area (Å²) in [5.74, 6) is 0.576. The van der Waals surface area contributed by atoms with Gasteiger partial charge in [0.2, 0.25) is 0 Å². The van der Waals surface area contributed by atoms with Crippen molar-refractivity contribution in [3.8, 4) is 0 Å². The van der Waals surface area contributed by atoms with Crippen molar-refractivity contribution in [2.24, 2.45) is 5.92 Å². The standard InChI is InChI=1S/C12H16N2O2/c1-2-6-13-7-8-14(12(16)11(13)15)9-10-4-3-5-10/h2,7-8,10H,1,3-6,9H2. The van der Waals surface area contributed by atoms with Gasteiger partial charge in [0.25, 0.3) is 0 Å². The average Bonchev–Trinajstić information content (AvgIpc) is 2.21. The molecular weight excluding hydrogens is 204 g/mol. The summed E-state index contributed by atoms with van der Waals surface area (Å²) in [6, 6.07) is 0. The second-order valence-corrected chi connectivity index (χ2v) is 4.30. The molecular formula is C12H16N2O2. The molecule has 0 saturated heterocycles. The van der Waals surface area contributed by atoms with Crippen LogP contribution in [0.3, 0.4) is 0 Å². The number of rotatable bonds is 4. The molecule has 0 N–H and O–H groups in total. The van der Waals surface area contributed by atoms with Gasteiger partial charge in [0.1, 0.15) is 0 Å². The number of aromatic nitrogens is 2. The topological polar surface area (TPSA) is 44.0 Å². The highest BCUT2D eigenvalue weighted by Gasteiger charge is 2.18. The SMILES string of the molecule is C=CCn1ccn(CC2CCC2)c(=O)c1=O. The molecule has 2 rings (SSSR count). The lowest BCUT2D eigenvalue weighted by Gasteiger charge is -2.25. The predicted octanol–water partition coefficient (Wildman–Crippen LogP) is 0.996. The van der Waals surface area contributed by atoms with Crippen LogP contribution in [0, 0.1) is 5.92 Å². The molecule has 86 valence electrons. The van der Waals surface area contributed by atoms with Gasteiger partial charge in [0.15, 0.2) is 0 Å². The summed E-state index contributed by atoms with van der Waals surface area (Å²) < 4.78 is 2.92. The van der Waals surface area contributed by atoms with Crippen LogP contribution in [0.4, 0.5) is 0 Å². The van der Waals surface area contributed by atoms with E-state index in [4.69, 9.17) is 0 Å². The molecule has 1 saturated carbocycles. The van der Waals surface area contributed by atoms with Crippen LogP contribution in [-0.4, -0.2) is 9.13 Å². The summed E-state index contributed by atoms with van der Waals surface area (Å²) in [7, 11) is 0. The van der Waals surface area contributed by atoms with Crippen molar-refractivity contribution in [3.05, 3.63) is 45.8 Å². The van der Waals surface area contributed by atoms with Crippen molar-refractivity contribution >= 4 is 0 Å². The summed E-state index contributed by atoms with van der Waals surface area (Å²) in [4.78, 5) is 23.4. The van der Waals surface area contributed by atoms with E-state index in [0.29, 0.717) is 19.0 Å². The van der Waals surface area contributed by atoms with Gasteiger partial charge in [-0.2, -0.15) is 0 Å². The molecule has 1 aromatic rings. The van der Waals surface area contributed by atoms with Crippen molar-refractivity contribution < 1.29 is 0 Å². The van der Waals surface area contributed by atoms with Crippen LogP contribution in [0.25, 0.3) is 0 Å². The normalized spacial score (nSPS) is 15.8. The molecule has 1 heterocycles. The maximum atomic E-state index is 11.7. The van der Waals surface area contributed by atoms with Gasteiger partial charge in [0.05, 0.1) is 0 Å². The summed E-state index contributed by atoms with van der Waals surface area (Å²) in [6.45, 7) is 4.62. The first kappa shape index (κ1) is 10.9. The fraction of sp³-hybridized carbons (Fsp3) is 0.500. The van der Waals surface area contributed by atoms with Gasteiger partial charge in [-0.05, 0) is 18.8 Å². The number of hydrogen-bond donors (Lipinski definition) is 0. The van der Waals surface area contributed by atoms with Gasteiger partial charge in [-0.3, -0.25) is 9.59 Å². The fourth-order valence-electron chi connectivity index (χ4n) is 1.92. The van der Waals surface area contributed by atoms with E-state index >= 15 is 0 Å². The summed E-state index contributed by atoms with van der Waals surface area (Å²) in [5, 5.41) is 0. The summed E-state index contributed by atoms with van der Waals surface area (Å²) in [6.07, 6.45) is 8.55. The van der Waals surface area contributed by atoms with Crippen molar-refractivity contribution in [2.45, 2.75) is 32.4 Å². The molecule has 0 unspecified atom stereocenters. The Kier molecular flexibility index (Phi) is 3.08. The van der Waals surface area contributed by atoms with Gasteiger partial charge < -0.3 is 9.13 Å². The third-order valence-electron chi connectivity index (χ3n) is 3.14. The largest absolute Gasteiger partial charge is 0.316 e. The second kappa shape index (κ2) is 4.51. The third-order valence-corrected chi connectivity index (χ3v) is 3.14. The molecule has 0 amide bonds. The Bertz CT molecular complexity index is 494. The highest BCUT2D eigenvalue weighted by atomic mass is 16.2. The van der Waals surface area contributed by atoms with E-state index in [1.54, 1.807) is 18.5 Å². The highest BCUT2D eigenvalue weighted by Crippen LogP contribution is 2.27. The molecule has 0 atom stereocenters. The number of hydrogen-bond acceptors (Lipinski definition) is 2. The molecule has 0 bridgehead atoms. The summed E-state index contributed by atoms with van der Waals surface area (Å²) >= 11 is 0. The average molecular weight is 220 g/mol. The molecule has 0 aromatic carbocycles. The molecule has 1 aromatic heterocycles. The molecule has 4 heteroatoms. The van der Waals surface area contributed by atoms with Gasteiger partial charge in [0, 0.05) is 25.5 Å². The van der Waals surface area contributed by atoms with Gasteiger partial charge >= 0.3 is 11.1 Å². The van der Waals surface area contributed by atoms with Crippen LogP contribution in [0.15, 0.2) is 34.6 Å². The fourth-order valence-corrected chi connectivity index (χ4v) is 1.92. The minimum atomic E-state index is -0.457. The van der Waals surface area contributed by atoms with Crippen LogP contribution in [0.2, 0.25) is 0 Å². The lowest BCUT2D eigenvalue weighted by Crippen LogP contribution is -2.41. The third kappa shape index (κ3) is 2.01. The number of nitrogens with zero attached hydrogens (tertiary/aromatic N) is 2. The monoisotopic (exact) mass is 220 g/mol. The highest BCUT2D eigenvalue weighted by molar-refractivity contribution is 4.89. The van der Waals surface area contributed by atoms with Crippen molar-refractivity contribution in [2.75, 3.05) is 0 Å². The predicted molar refractivity (Wildman–Crippen MR) is 62.5 cm³/mol. The van der Waals surface area contributed by atoms with Crippen LogP contribution in [0.5, 0.6) is 0 Å². The van der Waals surface area contributed by atoms with Crippen LogP contribution in [-0.2, 0) is 13.1 Å². The van der Waals surface area contributed by atoms with E-state index < -0.39 is 11.1 Å². The first-order valence-corrected chi connectivity index (χ1v) is 5.63. The molecule has 0 aliphatic heterocycles. The Morgan fingerprint density at radius 2 is 1.88 bits per heavy atom. The van der Waals surface area contributed by atoms with E-state index in [1.807, 2.05) is 0 Å². The quantitative estimate of drug-likeness (QED) is 0.561. The Labute approximate surface area is 93.8 Å². The zero-order valence-electron chi connectivity index (χ0n) is 9.26. The summed E-state index contributed by atoms with van der Waals surface area (Å²) in [5.41, 5.74) is -0.877. The number of allylic oxidation sites excluding steroid dienone is 1. The van der Waals surface area contributed by atoms with Gasteiger partial charge in [-0.1, -0.05) is 12.5 Å². The molecule has 1 fully saturated rings. The minimum absolute atomic E-state index is 0.387. The zero-order valence-corrected chi connectivity index (χ0v) is 9.26. The van der Waals surface area contributed by atoms with Crippen molar-refractivity contribution in [1.29, 1.82) is 0 Å². The molecule has 0 radical (unpaired) electrons. The maximum Gasteiger partial charge on any atom is 0.316 e. The Hall–Kier alpha value is -1.58. The molecule has 1 aliphatic rings. The van der Waals surface area contributed by atoms with E-state index in [0.717, 1.165) is 0 Å². The molecule has 1 aliphatic carbocycles. The van der Waals surface area contributed by atoms with E-state index in [2.05, 4.69) is 6.58 Å². The smallest absolute Gasteiger partial charge is 0.309 e. The lowest BCUT2D eigenvalue weighted by molar-refractivity contribution is 0.272. The molecule has 16 heavy (non-hydrogen) atoms. The van der Waals surface area contributed by atoms with Crippen LogP contribution < -0.4 is 11.1 Å². The first-order chi connectivity index (χ1) is 7.72. The van der Waals surface area contributed by atoms with E-state index in [1.165, 1.54) is 28.4 Å². The Balaban J connectivity index is 2.27. The van der Waals surface area contributed by atoms with Crippen LogP contribution >= 0.6 is 0 Å². The zero-order chi connectivity index (χ0) is 11.5. The molecule has 4 nitrogen and oxygen atoms in total. The van der Waals surface area contributed by atoms with Crippen molar-refractivity contribution in [3.63, 3.8) is 0 Å². The van der Waals surface area contributed by atoms with E-state index in [9.17, 15) is 9.59 Å². The lowest BCUT2D eigenvalue weighted by atomic mass is 9.85. The van der Waals surface area contributed by atoms with Crippen molar-refractivity contribution in [1.82, 2.24) is 9.13 Å². The maximum absolute atomic E-state index is 11.7. The minimum Gasteiger partial charge on any atom is -0.309 e. The first-order valence-electron chi connectivity index (χ1n) is 5.63. The Morgan fingerprint density at radius 3 is 2.44 bits per heavy atom. The van der Waals surface area contributed by atoms with E-state index in [-0.39, 0.29) is 0 Å². The molecule has 0 spiro atoms.